The number of benzene rings is 5. The monoisotopic (exact) mass is 1330 g/mol. The third kappa shape index (κ3) is 17.5. The zero-order valence-corrected chi connectivity index (χ0v) is 58.1. The number of phenols is 1. The lowest BCUT2D eigenvalue weighted by Crippen LogP contribution is -2.61. The van der Waals surface area contributed by atoms with Crippen molar-refractivity contribution in [1.82, 2.24) is 0 Å². The molecule has 6 aromatic rings. The van der Waals surface area contributed by atoms with Gasteiger partial charge in [0.1, 0.15) is 17.0 Å². The summed E-state index contributed by atoms with van der Waals surface area (Å²) in [6.07, 6.45) is 6.55. The van der Waals surface area contributed by atoms with E-state index in [2.05, 4.69) is 117 Å². The number of rotatable bonds is 15. The normalized spacial score (nSPS) is 22.7. The van der Waals surface area contributed by atoms with Crippen molar-refractivity contribution >= 4 is 76.2 Å². The summed E-state index contributed by atoms with van der Waals surface area (Å²) in [4.78, 5) is 64.4. The Morgan fingerprint density at radius 3 is 1.64 bits per heavy atom. The average molecular weight is 1330 g/mol. The van der Waals surface area contributed by atoms with Crippen LogP contribution < -0.4 is 4.90 Å². The second kappa shape index (κ2) is 30.3. The molecular weight excluding hydrogens is 1240 g/mol. The largest absolute Gasteiger partial charge is 0.748 e. The summed E-state index contributed by atoms with van der Waals surface area (Å²) in [6.45, 7) is 23.6. The third-order valence-corrected chi connectivity index (χ3v) is 23.3. The molecule has 1 aromatic heterocycles. The number of amides is 2. The highest BCUT2D eigenvalue weighted by atomic mass is 32.2. The predicted octanol–water partition coefficient (Wildman–Crippen LogP) is 17.7. The number of hydrogen-bond donors (Lipinski definition) is 1. The van der Waals surface area contributed by atoms with Crippen LogP contribution in [0.15, 0.2) is 127 Å². The molecule has 94 heavy (non-hydrogen) atoms. The van der Waals surface area contributed by atoms with E-state index in [9.17, 15) is 50.1 Å². The first kappa shape index (κ1) is 74.3. The fraction of sp³-hybridized carbons (Fsp3) is 0.513. The van der Waals surface area contributed by atoms with Crippen molar-refractivity contribution in [3.8, 4) is 23.0 Å². The van der Waals surface area contributed by atoms with Gasteiger partial charge in [0.05, 0.1) is 37.8 Å². The van der Waals surface area contributed by atoms with Gasteiger partial charge in [-0.25, -0.2) is 8.42 Å². The Kier molecular flexibility index (Phi) is 24.0. The standard InChI is InChI=1S/C20H29F3O7S.C18H13S.C14H13NO2.C14H26O2.C10H14O/c1-4-17(2,3)15(24)30-19-8-12-5-13(9-19)7-18(6-12,11-19)16(25)29-14(20(21,22)23)10-31(26,27)28;1-2-8-14(9-3-1)19-17-12-6-4-10-15(17)16-11-5-7-13-18(16)19;1-4-11-5-7-12(8-6-11)15-13(16)9(2)10(3)14(15)17;1-6-13(4,5)12(15)16-14(11(2)3)9-7-8-10-14;1-3-8(2)9-4-6-10(11)7-5-9/h12-14H,4-11H2,1-3H3,(H,26,27,28);1-13H;1,5-10H,2-3H3;11H,6-10H2,1-5H3;4-8,11H,3H2,1-2H3/q;+1;;;/p-1. The molecule has 0 radical (unpaired) electrons. The van der Waals surface area contributed by atoms with E-state index >= 15 is 0 Å². The van der Waals surface area contributed by atoms with Crippen LogP contribution in [0.2, 0.25) is 0 Å². The molecule has 1 saturated heterocycles. The summed E-state index contributed by atoms with van der Waals surface area (Å²) < 4.78 is 91.8. The predicted molar refractivity (Wildman–Crippen MR) is 364 cm³/mol. The van der Waals surface area contributed by atoms with Gasteiger partial charge in [-0.3, -0.25) is 28.9 Å². The maximum absolute atomic E-state index is 13.3. The Morgan fingerprint density at radius 2 is 1.19 bits per heavy atom. The SMILES string of the molecule is C#Cc1ccc(N2C(=O)C(C)C(C)C2=O)cc1.CCC(C)(C)C(=O)OC1(C(C)C)CCCC1.CCC(C)(C)C(=O)OC12CC3CC(C1)CC(C(=O)OC(CS(=O)(=O)[O-])C(F)(F)F)(C3)C2.CCC(C)c1ccc(O)cc1.c1ccc(-[s+]2c3ccccc3c3ccccc32)cc1. The van der Waals surface area contributed by atoms with Gasteiger partial charge < -0.3 is 23.9 Å². The van der Waals surface area contributed by atoms with Crippen LogP contribution in [0.5, 0.6) is 5.75 Å². The Morgan fingerprint density at radius 1 is 0.713 bits per heavy atom. The third-order valence-electron chi connectivity index (χ3n) is 20.2. The zero-order valence-electron chi connectivity index (χ0n) is 56.5. The summed E-state index contributed by atoms with van der Waals surface area (Å²) in [7, 11) is -5.21. The number of carbonyl (C=O) groups excluding carboxylic acids is 5. The van der Waals surface area contributed by atoms with E-state index in [0.717, 1.165) is 37.7 Å². The van der Waals surface area contributed by atoms with Crippen molar-refractivity contribution in [3.63, 3.8) is 0 Å². The lowest BCUT2D eigenvalue weighted by molar-refractivity contribution is -0.239. The summed E-state index contributed by atoms with van der Waals surface area (Å²) in [5.41, 5.74) is -0.856. The van der Waals surface area contributed by atoms with Crippen LogP contribution in [0.1, 0.15) is 184 Å². The molecule has 5 aliphatic carbocycles. The summed E-state index contributed by atoms with van der Waals surface area (Å²) >= 11 is 0. The highest BCUT2D eigenvalue weighted by molar-refractivity contribution is 7.85. The van der Waals surface area contributed by atoms with Crippen LogP contribution in [-0.4, -0.2) is 77.0 Å². The molecule has 6 atom stereocenters. The lowest BCUT2D eigenvalue weighted by Gasteiger charge is -2.60. The molecule has 6 aliphatic rings. The molecule has 0 spiro atoms. The Hall–Kier alpha value is -7.07. The number of carbonyl (C=O) groups is 5. The smallest absolute Gasteiger partial charge is 0.426 e. The molecule has 12 rings (SSSR count). The van der Waals surface area contributed by atoms with Crippen molar-refractivity contribution in [2.24, 2.45) is 45.8 Å². The van der Waals surface area contributed by atoms with E-state index in [1.807, 2.05) is 39.8 Å². The number of anilines is 1. The van der Waals surface area contributed by atoms with Crippen LogP contribution in [-0.2, 0) is 48.3 Å². The van der Waals surface area contributed by atoms with Gasteiger partial charge in [-0.2, -0.15) is 13.2 Å². The molecule has 2 heterocycles. The minimum absolute atomic E-state index is 0.00100. The zero-order chi connectivity index (χ0) is 69.4. The van der Waals surface area contributed by atoms with Crippen LogP contribution in [0.25, 0.3) is 25.1 Å². The molecule has 4 bridgehead atoms. The molecule has 6 unspecified atom stereocenters. The van der Waals surface area contributed by atoms with Gasteiger partial charge in [-0.05, 0) is 207 Å². The van der Waals surface area contributed by atoms with E-state index < -0.39 is 56.5 Å². The van der Waals surface area contributed by atoms with E-state index in [4.69, 9.17) is 21.0 Å². The van der Waals surface area contributed by atoms with E-state index in [-0.39, 0.29) is 69.4 Å². The van der Waals surface area contributed by atoms with Crippen molar-refractivity contribution in [2.75, 3.05) is 10.7 Å². The Bertz CT molecular complexity index is 3680. The minimum atomic E-state index is -5.27. The van der Waals surface area contributed by atoms with Gasteiger partial charge >= 0.3 is 24.1 Å². The molecule has 6 fully saturated rings. The number of alkyl halides is 3. The molecular formula is C76H94F3NO12S2. The number of esters is 3. The van der Waals surface area contributed by atoms with Gasteiger partial charge in [0.2, 0.25) is 17.9 Å². The van der Waals surface area contributed by atoms with E-state index in [1.54, 1.807) is 64.1 Å². The van der Waals surface area contributed by atoms with Crippen LogP contribution in [0.3, 0.4) is 0 Å². The number of terminal acetylenes is 1. The molecule has 18 heteroatoms. The number of phenolic OH excluding ortho intramolecular Hbond substituents is 1. The molecule has 1 aliphatic heterocycles. The highest BCUT2D eigenvalue weighted by Crippen LogP contribution is 2.64. The Labute approximate surface area is 556 Å². The first-order chi connectivity index (χ1) is 44.1. The average Bonchev–Trinajstić information content (AvgIpc) is 0.958. The van der Waals surface area contributed by atoms with Gasteiger partial charge in [0, 0.05) is 45.1 Å². The summed E-state index contributed by atoms with van der Waals surface area (Å²) in [5.74, 6) is -0.403. The minimum Gasteiger partial charge on any atom is -0.748 e. The van der Waals surface area contributed by atoms with Crippen molar-refractivity contribution in [2.45, 2.75) is 196 Å². The number of ether oxygens (including phenoxy) is 3. The number of imide groups is 1. The molecule has 13 nitrogen and oxygen atoms in total. The number of hydrogen-bond acceptors (Lipinski definition) is 12. The van der Waals surface area contributed by atoms with Gasteiger partial charge in [0.25, 0.3) is 0 Å². The van der Waals surface area contributed by atoms with Crippen molar-refractivity contribution in [3.05, 3.63) is 139 Å². The lowest BCUT2D eigenvalue weighted by atomic mass is 9.48. The van der Waals surface area contributed by atoms with Crippen molar-refractivity contribution in [1.29, 1.82) is 0 Å². The topological polar surface area (TPSA) is 194 Å². The second-order valence-corrected chi connectivity index (χ2v) is 31.5. The summed E-state index contributed by atoms with van der Waals surface area (Å²) in [6, 6.07) is 42.7. The molecule has 2 amide bonds. The molecule has 5 aromatic carbocycles. The summed E-state index contributed by atoms with van der Waals surface area (Å²) in [5, 5.41) is 11.8. The highest BCUT2D eigenvalue weighted by Gasteiger charge is 2.64. The number of nitrogens with zero attached hydrogens (tertiary/aromatic N) is 1. The van der Waals surface area contributed by atoms with Crippen molar-refractivity contribution < 1.29 is 69.4 Å². The van der Waals surface area contributed by atoms with Gasteiger partial charge in [0.15, 0.2) is 14.3 Å². The molecule has 508 valence electrons. The van der Waals surface area contributed by atoms with Gasteiger partial charge in [-0.1, -0.05) is 116 Å². The van der Waals surface area contributed by atoms with Crippen LogP contribution in [0.4, 0.5) is 18.9 Å². The van der Waals surface area contributed by atoms with Gasteiger partial charge in [-0.15, -0.1) is 6.42 Å². The quantitative estimate of drug-likeness (QED) is 0.0256. The number of halogens is 3. The maximum Gasteiger partial charge on any atom is 0.426 e. The van der Waals surface area contributed by atoms with Crippen LogP contribution in [0, 0.1) is 58.2 Å². The van der Waals surface area contributed by atoms with E-state index in [1.165, 1.54) is 48.4 Å². The fourth-order valence-electron chi connectivity index (χ4n) is 13.5. The molecule has 5 saturated carbocycles. The number of fused-ring (bicyclic) bond motifs is 3. The Balaban J connectivity index is 0.000000174. The van der Waals surface area contributed by atoms with E-state index in [0.29, 0.717) is 55.4 Å². The van der Waals surface area contributed by atoms with Crippen LogP contribution >= 0.6 is 10.5 Å². The number of thiophene rings is 1. The first-order valence-corrected chi connectivity index (χ1v) is 35.8. The second-order valence-electron chi connectivity index (χ2n) is 28.1. The maximum atomic E-state index is 13.3. The fourth-order valence-corrected chi connectivity index (χ4v) is 16.5. The first-order valence-electron chi connectivity index (χ1n) is 33.0. The number of aromatic hydroxyl groups is 1. The molecule has 1 N–H and O–H groups in total.